The Morgan fingerprint density at radius 2 is 1.64 bits per heavy atom. The molecule has 2 heteroatoms. The molecule has 1 unspecified atom stereocenters. The maximum Gasteiger partial charge on any atom is 0.111 e. The molecule has 0 radical (unpaired) electrons. The van der Waals surface area contributed by atoms with Gasteiger partial charge in [-0.2, -0.15) is 0 Å². The molecule has 0 aliphatic rings. The van der Waals surface area contributed by atoms with Crippen LogP contribution in [0.25, 0.3) is 0 Å². The van der Waals surface area contributed by atoms with Crippen molar-refractivity contribution in [3.05, 3.63) is 48.6 Å². The summed E-state index contributed by atoms with van der Waals surface area (Å²) < 4.78 is 0. The van der Waals surface area contributed by atoms with Crippen LogP contribution >= 0.6 is 7.26 Å². The zero-order valence-electron chi connectivity index (χ0n) is 9.07. The number of halogens is 1. The zero-order valence-corrected chi connectivity index (χ0v) is 11.6. The lowest BCUT2D eigenvalue weighted by molar-refractivity contribution is -0.00000295. The minimum Gasteiger partial charge on any atom is -1.00 e. The van der Waals surface area contributed by atoms with Gasteiger partial charge in [0, 0.05) is 27.3 Å². The molecule has 14 heavy (non-hydrogen) atoms. The standard InChI is InChI=1S/C12H18P.BrH/c1-5-12(13(2,3)4)11-9-7-6-8-10-11;/h5-10,12H,1H2,2-4H3;1H/q+1;/p-1. The van der Waals surface area contributed by atoms with Crippen molar-refractivity contribution in [2.45, 2.75) is 5.66 Å². The van der Waals surface area contributed by atoms with Crippen LogP contribution in [0.2, 0.25) is 0 Å². The van der Waals surface area contributed by atoms with Gasteiger partial charge < -0.3 is 17.0 Å². The lowest BCUT2D eigenvalue weighted by Gasteiger charge is -2.21. The number of allylic oxidation sites excluding steroid dienone is 1. The topological polar surface area (TPSA) is 0 Å². The minimum absolute atomic E-state index is 0. The SMILES string of the molecule is C=CC(c1ccccc1)[P+](C)(C)C.[Br-]. The maximum atomic E-state index is 3.93. The Kier molecular flexibility index (Phi) is 5.63. The summed E-state index contributed by atoms with van der Waals surface area (Å²) in [5.41, 5.74) is 1.95. The summed E-state index contributed by atoms with van der Waals surface area (Å²) in [5.74, 6) is 0. The Bertz CT molecular complexity index is 274. The Morgan fingerprint density at radius 3 is 2.00 bits per heavy atom. The first kappa shape index (κ1) is 13.9. The molecule has 0 bridgehead atoms. The van der Waals surface area contributed by atoms with Crippen LogP contribution in [0.15, 0.2) is 43.0 Å². The van der Waals surface area contributed by atoms with Gasteiger partial charge in [-0.25, -0.2) is 0 Å². The van der Waals surface area contributed by atoms with Crippen LogP contribution in [0.1, 0.15) is 11.2 Å². The summed E-state index contributed by atoms with van der Waals surface area (Å²) in [6.45, 7) is 11.0. The van der Waals surface area contributed by atoms with E-state index in [2.05, 4.69) is 63.0 Å². The molecule has 1 aromatic rings. The van der Waals surface area contributed by atoms with Crippen molar-refractivity contribution in [1.29, 1.82) is 0 Å². The Balaban J connectivity index is 0.00000169. The zero-order chi connectivity index (χ0) is 9.90. The van der Waals surface area contributed by atoms with Crippen LogP contribution in [0, 0.1) is 0 Å². The molecule has 1 rings (SSSR count). The summed E-state index contributed by atoms with van der Waals surface area (Å²) in [5, 5.41) is 0. The molecule has 0 N–H and O–H groups in total. The van der Waals surface area contributed by atoms with Gasteiger partial charge in [-0.3, -0.25) is 0 Å². The van der Waals surface area contributed by atoms with Crippen LogP contribution < -0.4 is 17.0 Å². The van der Waals surface area contributed by atoms with Crippen LogP contribution in [0.5, 0.6) is 0 Å². The van der Waals surface area contributed by atoms with E-state index in [1.807, 2.05) is 0 Å². The third-order valence-electron chi connectivity index (χ3n) is 2.20. The average molecular weight is 273 g/mol. The predicted octanol–water partition coefficient (Wildman–Crippen LogP) is 0.825. The summed E-state index contributed by atoms with van der Waals surface area (Å²) in [6.07, 6.45) is 2.09. The number of hydrogen-bond acceptors (Lipinski definition) is 0. The molecule has 0 aromatic heterocycles. The van der Waals surface area contributed by atoms with Crippen molar-refractivity contribution in [3.63, 3.8) is 0 Å². The van der Waals surface area contributed by atoms with Gasteiger partial charge in [0.15, 0.2) is 0 Å². The molecule has 0 amide bonds. The van der Waals surface area contributed by atoms with Gasteiger partial charge in [-0.1, -0.05) is 36.9 Å². The first-order valence-corrected chi connectivity index (χ1v) is 7.74. The van der Waals surface area contributed by atoms with E-state index < -0.39 is 7.26 Å². The van der Waals surface area contributed by atoms with Crippen molar-refractivity contribution in [2.75, 3.05) is 20.0 Å². The number of rotatable bonds is 3. The fourth-order valence-corrected chi connectivity index (χ4v) is 3.25. The molecule has 1 aromatic carbocycles. The van der Waals surface area contributed by atoms with E-state index in [9.17, 15) is 0 Å². The quantitative estimate of drug-likeness (QED) is 0.565. The maximum absolute atomic E-state index is 3.93. The van der Waals surface area contributed by atoms with Gasteiger partial charge in [0.05, 0.1) is 0 Å². The molecule has 0 nitrogen and oxygen atoms in total. The van der Waals surface area contributed by atoms with E-state index in [0.717, 1.165) is 0 Å². The third kappa shape index (κ3) is 3.55. The lowest BCUT2D eigenvalue weighted by atomic mass is 10.1. The highest BCUT2D eigenvalue weighted by Crippen LogP contribution is 2.61. The van der Waals surface area contributed by atoms with Crippen LogP contribution in [-0.4, -0.2) is 20.0 Å². The highest BCUT2D eigenvalue weighted by molar-refractivity contribution is 7.74. The number of hydrogen-bond donors (Lipinski definition) is 0. The summed E-state index contributed by atoms with van der Waals surface area (Å²) in [4.78, 5) is 0. The van der Waals surface area contributed by atoms with Crippen LogP contribution in [-0.2, 0) is 0 Å². The first-order chi connectivity index (χ1) is 6.05. The van der Waals surface area contributed by atoms with Crippen molar-refractivity contribution in [2.24, 2.45) is 0 Å². The van der Waals surface area contributed by atoms with E-state index in [-0.39, 0.29) is 17.0 Å². The molecule has 0 saturated carbocycles. The van der Waals surface area contributed by atoms with Crippen molar-refractivity contribution in [1.82, 2.24) is 0 Å². The molecule has 0 spiro atoms. The predicted molar refractivity (Wildman–Crippen MR) is 64.1 cm³/mol. The van der Waals surface area contributed by atoms with E-state index >= 15 is 0 Å². The summed E-state index contributed by atoms with van der Waals surface area (Å²) in [7, 11) is -0.866. The number of benzene rings is 1. The Labute approximate surface area is 98.5 Å². The normalized spacial score (nSPS) is 12.8. The largest absolute Gasteiger partial charge is 1.00 e. The second kappa shape index (κ2) is 5.68. The molecule has 0 saturated heterocycles. The molecule has 0 aliphatic heterocycles. The van der Waals surface area contributed by atoms with Gasteiger partial charge >= 0.3 is 0 Å². The van der Waals surface area contributed by atoms with Gasteiger partial charge in [0.25, 0.3) is 0 Å². The fourth-order valence-electron chi connectivity index (χ4n) is 1.55. The van der Waals surface area contributed by atoms with Crippen LogP contribution in [0.4, 0.5) is 0 Å². The molecular weight excluding hydrogens is 255 g/mol. The Morgan fingerprint density at radius 1 is 1.14 bits per heavy atom. The van der Waals surface area contributed by atoms with Gasteiger partial charge in [0.1, 0.15) is 5.66 Å². The van der Waals surface area contributed by atoms with Gasteiger partial charge in [0.2, 0.25) is 0 Å². The smallest absolute Gasteiger partial charge is 0.111 e. The monoisotopic (exact) mass is 272 g/mol. The molecule has 78 valence electrons. The minimum atomic E-state index is -0.866. The molecule has 0 heterocycles. The summed E-state index contributed by atoms with van der Waals surface area (Å²) in [6, 6.07) is 10.6. The molecule has 0 fully saturated rings. The fraction of sp³-hybridized carbons (Fsp3) is 0.333. The van der Waals surface area contributed by atoms with E-state index in [0.29, 0.717) is 5.66 Å². The Hall–Kier alpha value is -0.130. The van der Waals surface area contributed by atoms with Gasteiger partial charge in [-0.05, 0) is 11.6 Å². The van der Waals surface area contributed by atoms with Crippen molar-refractivity contribution < 1.29 is 17.0 Å². The van der Waals surface area contributed by atoms with Crippen molar-refractivity contribution in [3.8, 4) is 0 Å². The molecule has 0 aliphatic carbocycles. The highest BCUT2D eigenvalue weighted by Gasteiger charge is 2.29. The lowest BCUT2D eigenvalue weighted by Crippen LogP contribution is -3.00. The molecule has 1 atom stereocenters. The average Bonchev–Trinajstić information content (AvgIpc) is 2.05. The summed E-state index contributed by atoms with van der Waals surface area (Å²) >= 11 is 0. The van der Waals surface area contributed by atoms with Crippen molar-refractivity contribution >= 4 is 7.26 Å². The third-order valence-corrected chi connectivity index (χ3v) is 4.38. The van der Waals surface area contributed by atoms with E-state index in [4.69, 9.17) is 0 Å². The highest BCUT2D eigenvalue weighted by atomic mass is 79.9. The second-order valence-electron chi connectivity index (χ2n) is 4.21. The second-order valence-corrected chi connectivity index (χ2v) is 9.00. The van der Waals surface area contributed by atoms with E-state index in [1.54, 1.807) is 0 Å². The molecular formula is C12H18BrP. The van der Waals surface area contributed by atoms with Crippen LogP contribution in [0.3, 0.4) is 0 Å². The first-order valence-electron chi connectivity index (χ1n) is 4.54. The van der Waals surface area contributed by atoms with Gasteiger partial charge in [-0.15, -0.1) is 0 Å². The van der Waals surface area contributed by atoms with E-state index in [1.165, 1.54) is 5.56 Å².